The molecule has 0 aliphatic rings. The van der Waals surface area contributed by atoms with Crippen LogP contribution >= 0.6 is 0 Å². The van der Waals surface area contributed by atoms with Gasteiger partial charge in [-0.15, -0.1) is 0 Å². The fourth-order valence-electron chi connectivity index (χ4n) is 3.10. The largest absolute Gasteiger partial charge is 0.369 e. The Bertz CT molecular complexity index is 817. The summed E-state index contributed by atoms with van der Waals surface area (Å²) in [6.07, 6.45) is 0.283. The zero-order valence-corrected chi connectivity index (χ0v) is 12.6. The van der Waals surface area contributed by atoms with E-state index >= 15 is 0 Å². The van der Waals surface area contributed by atoms with Crippen molar-refractivity contribution in [2.45, 2.75) is 19.3 Å². The fourth-order valence-corrected chi connectivity index (χ4v) is 3.10. The van der Waals surface area contributed by atoms with Crippen LogP contribution in [0.1, 0.15) is 29.5 Å². The van der Waals surface area contributed by atoms with Gasteiger partial charge in [-0.1, -0.05) is 73.7 Å². The van der Waals surface area contributed by atoms with Crippen molar-refractivity contribution < 1.29 is 4.79 Å². The highest BCUT2D eigenvalue weighted by Gasteiger charge is 2.15. The summed E-state index contributed by atoms with van der Waals surface area (Å²) in [7, 11) is 0. The molecular weight excluding hydrogens is 270 g/mol. The molecule has 1 amide bonds. The number of amides is 1. The Labute approximate surface area is 130 Å². The molecule has 0 spiro atoms. The molecule has 2 N–H and O–H groups in total. The second kappa shape index (κ2) is 6.02. The van der Waals surface area contributed by atoms with Crippen molar-refractivity contribution in [2.75, 3.05) is 0 Å². The molecule has 1 atom stereocenters. The molecule has 0 heterocycles. The molecule has 22 heavy (non-hydrogen) atoms. The predicted octanol–water partition coefficient (Wildman–Crippen LogP) is 4.02. The van der Waals surface area contributed by atoms with Gasteiger partial charge in [0.05, 0.1) is 6.42 Å². The lowest BCUT2D eigenvalue weighted by Crippen LogP contribution is -2.15. The van der Waals surface area contributed by atoms with Gasteiger partial charge in [0.2, 0.25) is 5.91 Å². The van der Waals surface area contributed by atoms with Gasteiger partial charge in [-0.2, -0.15) is 0 Å². The first-order valence-electron chi connectivity index (χ1n) is 7.50. The normalized spacial score (nSPS) is 12.2. The van der Waals surface area contributed by atoms with Crippen LogP contribution in [0.4, 0.5) is 0 Å². The summed E-state index contributed by atoms with van der Waals surface area (Å²) in [6, 6.07) is 22.8. The first-order chi connectivity index (χ1) is 10.7. The number of fused-ring (bicyclic) bond motifs is 1. The Morgan fingerprint density at radius 3 is 2.36 bits per heavy atom. The van der Waals surface area contributed by atoms with E-state index in [0.29, 0.717) is 0 Å². The third kappa shape index (κ3) is 2.73. The number of hydrogen-bond donors (Lipinski definition) is 1. The summed E-state index contributed by atoms with van der Waals surface area (Å²) >= 11 is 0. The Morgan fingerprint density at radius 2 is 1.55 bits per heavy atom. The van der Waals surface area contributed by atoms with Gasteiger partial charge in [0, 0.05) is 5.92 Å². The Hall–Kier alpha value is -2.61. The smallest absolute Gasteiger partial charge is 0.221 e. The average Bonchev–Trinajstić information content (AvgIpc) is 2.54. The van der Waals surface area contributed by atoms with E-state index in [2.05, 4.69) is 55.5 Å². The predicted molar refractivity (Wildman–Crippen MR) is 90.8 cm³/mol. The molecule has 0 aliphatic heterocycles. The quantitative estimate of drug-likeness (QED) is 0.774. The average molecular weight is 289 g/mol. The lowest BCUT2D eigenvalue weighted by atomic mass is 9.86. The molecule has 3 rings (SSSR count). The second-order valence-electron chi connectivity index (χ2n) is 5.63. The number of rotatable bonds is 4. The third-order valence-corrected chi connectivity index (χ3v) is 4.18. The van der Waals surface area contributed by atoms with Crippen LogP contribution in [-0.4, -0.2) is 5.91 Å². The third-order valence-electron chi connectivity index (χ3n) is 4.18. The van der Waals surface area contributed by atoms with E-state index in [1.165, 1.54) is 16.3 Å². The van der Waals surface area contributed by atoms with Crippen molar-refractivity contribution in [1.82, 2.24) is 0 Å². The fraction of sp³-hybridized carbons (Fsp3) is 0.150. The molecule has 110 valence electrons. The van der Waals surface area contributed by atoms with Gasteiger partial charge in [0.1, 0.15) is 0 Å². The minimum absolute atomic E-state index is 0.210. The number of primary amides is 1. The van der Waals surface area contributed by atoms with E-state index < -0.39 is 0 Å². The Balaban J connectivity index is 2.10. The summed E-state index contributed by atoms with van der Waals surface area (Å²) in [4.78, 5) is 11.3. The van der Waals surface area contributed by atoms with Crippen LogP contribution in [0, 0.1) is 0 Å². The van der Waals surface area contributed by atoms with E-state index in [1.807, 2.05) is 18.2 Å². The number of nitrogens with two attached hydrogens (primary N) is 1. The van der Waals surface area contributed by atoms with Crippen molar-refractivity contribution in [3.63, 3.8) is 0 Å². The van der Waals surface area contributed by atoms with Gasteiger partial charge in [-0.3, -0.25) is 4.79 Å². The molecule has 1 unspecified atom stereocenters. The molecule has 0 saturated heterocycles. The van der Waals surface area contributed by atoms with Crippen LogP contribution < -0.4 is 5.73 Å². The standard InChI is InChI=1S/C20H19NO/c1-14(17-10-4-3-8-16(17)13-20(21)22)18-12-6-9-15-7-2-5-11-19(15)18/h2-12,14H,13H2,1H3,(H2,21,22). The van der Waals surface area contributed by atoms with Crippen molar-refractivity contribution in [3.8, 4) is 0 Å². The van der Waals surface area contributed by atoms with Crippen LogP contribution in [0.3, 0.4) is 0 Å². The Morgan fingerprint density at radius 1 is 0.909 bits per heavy atom. The number of carbonyl (C=O) groups excluding carboxylic acids is 1. The molecule has 0 bridgehead atoms. The van der Waals surface area contributed by atoms with E-state index in [-0.39, 0.29) is 18.2 Å². The van der Waals surface area contributed by atoms with Crippen LogP contribution in [0.15, 0.2) is 66.7 Å². The number of carbonyl (C=O) groups is 1. The summed E-state index contributed by atoms with van der Waals surface area (Å²) in [5, 5.41) is 2.49. The molecule has 0 radical (unpaired) electrons. The Kier molecular flexibility index (Phi) is 3.92. The molecule has 0 saturated carbocycles. The molecular formula is C20H19NO. The van der Waals surface area contributed by atoms with Crippen LogP contribution in [-0.2, 0) is 11.2 Å². The van der Waals surface area contributed by atoms with Crippen molar-refractivity contribution in [1.29, 1.82) is 0 Å². The number of hydrogen-bond acceptors (Lipinski definition) is 1. The molecule has 0 aliphatic carbocycles. The second-order valence-corrected chi connectivity index (χ2v) is 5.63. The van der Waals surface area contributed by atoms with Gasteiger partial charge < -0.3 is 5.73 Å². The van der Waals surface area contributed by atoms with Crippen molar-refractivity contribution in [3.05, 3.63) is 83.4 Å². The highest BCUT2D eigenvalue weighted by Crippen LogP contribution is 2.32. The summed E-state index contributed by atoms with van der Waals surface area (Å²) in [5.74, 6) is -0.0841. The molecule has 3 aromatic rings. The highest BCUT2D eigenvalue weighted by atomic mass is 16.1. The minimum Gasteiger partial charge on any atom is -0.369 e. The van der Waals surface area contributed by atoms with Crippen LogP contribution in [0.5, 0.6) is 0 Å². The molecule has 3 aromatic carbocycles. The summed E-state index contributed by atoms with van der Waals surface area (Å²) in [6.45, 7) is 2.18. The van der Waals surface area contributed by atoms with Crippen molar-refractivity contribution >= 4 is 16.7 Å². The van der Waals surface area contributed by atoms with Crippen LogP contribution in [0.25, 0.3) is 10.8 Å². The van der Waals surface area contributed by atoms with E-state index in [9.17, 15) is 4.79 Å². The van der Waals surface area contributed by atoms with Crippen molar-refractivity contribution in [2.24, 2.45) is 5.73 Å². The van der Waals surface area contributed by atoms with E-state index in [1.54, 1.807) is 0 Å². The van der Waals surface area contributed by atoms with Gasteiger partial charge >= 0.3 is 0 Å². The maximum absolute atomic E-state index is 11.3. The molecule has 2 nitrogen and oxygen atoms in total. The van der Waals surface area contributed by atoms with Gasteiger partial charge in [0.25, 0.3) is 0 Å². The maximum Gasteiger partial charge on any atom is 0.221 e. The van der Waals surface area contributed by atoms with E-state index in [4.69, 9.17) is 5.73 Å². The first kappa shape index (κ1) is 14.3. The SMILES string of the molecule is CC(c1ccccc1CC(N)=O)c1cccc2ccccc12. The summed E-state index contributed by atoms with van der Waals surface area (Å²) in [5.41, 5.74) is 8.83. The topological polar surface area (TPSA) is 43.1 Å². The summed E-state index contributed by atoms with van der Waals surface area (Å²) < 4.78 is 0. The van der Waals surface area contributed by atoms with Crippen LogP contribution in [0.2, 0.25) is 0 Å². The molecule has 0 fully saturated rings. The lowest BCUT2D eigenvalue weighted by Gasteiger charge is -2.18. The molecule has 0 aromatic heterocycles. The zero-order valence-electron chi connectivity index (χ0n) is 12.6. The monoisotopic (exact) mass is 289 g/mol. The maximum atomic E-state index is 11.3. The van der Waals surface area contributed by atoms with Gasteiger partial charge in [0.15, 0.2) is 0 Å². The first-order valence-corrected chi connectivity index (χ1v) is 7.50. The minimum atomic E-state index is -0.294. The van der Waals surface area contributed by atoms with Gasteiger partial charge in [-0.25, -0.2) is 0 Å². The molecule has 2 heteroatoms. The van der Waals surface area contributed by atoms with E-state index in [0.717, 1.165) is 11.1 Å². The zero-order chi connectivity index (χ0) is 15.5. The van der Waals surface area contributed by atoms with Gasteiger partial charge in [-0.05, 0) is 27.5 Å². The lowest BCUT2D eigenvalue weighted by molar-refractivity contribution is -0.117. The highest BCUT2D eigenvalue weighted by molar-refractivity contribution is 5.86. The number of benzene rings is 3.